The molecular formula is C31H44N4O5S. The van der Waals surface area contributed by atoms with Gasteiger partial charge in [-0.25, -0.2) is 8.42 Å². The number of carbonyl (C=O) groups excluding carboxylic acids is 2. The highest BCUT2D eigenvalue weighted by Gasteiger charge is 2.45. The smallest absolute Gasteiger partial charge is 0.248 e. The Balaban J connectivity index is 1.38. The van der Waals surface area contributed by atoms with E-state index in [9.17, 15) is 22.8 Å². The summed E-state index contributed by atoms with van der Waals surface area (Å²) in [5.41, 5.74) is 1.13. The van der Waals surface area contributed by atoms with Crippen molar-refractivity contribution in [3.8, 4) is 0 Å². The minimum absolute atomic E-state index is 0.0201. The van der Waals surface area contributed by atoms with E-state index < -0.39 is 10.0 Å². The number of aryl methyl sites for hydroxylation is 1. The number of nitrogens with one attached hydrogen (secondary N) is 2. The number of hydrogen-bond donors (Lipinski definition) is 2. The first-order valence-electron chi connectivity index (χ1n) is 15.1. The van der Waals surface area contributed by atoms with Gasteiger partial charge in [-0.15, -0.1) is 0 Å². The van der Waals surface area contributed by atoms with E-state index in [1.807, 2.05) is 4.90 Å². The molecule has 3 aliphatic heterocycles. The normalized spacial score (nSPS) is 28.9. The monoisotopic (exact) mass is 584 g/mol. The molecule has 5 rings (SSSR count). The molecule has 9 nitrogen and oxygen atoms in total. The molecule has 1 aromatic heterocycles. The molecule has 3 fully saturated rings. The van der Waals surface area contributed by atoms with Crippen molar-refractivity contribution in [2.24, 2.45) is 23.7 Å². The Morgan fingerprint density at radius 1 is 1.00 bits per heavy atom. The highest BCUT2D eigenvalue weighted by Crippen LogP contribution is 2.38. The maximum Gasteiger partial charge on any atom is 0.248 e. The summed E-state index contributed by atoms with van der Waals surface area (Å²) in [7, 11) is -3.78. The Kier molecular flexibility index (Phi) is 8.62. The number of rotatable bonds is 3. The average Bonchev–Trinajstić information content (AvgIpc) is 2.91. The largest absolute Gasteiger partial charge is 0.353 e. The molecule has 0 spiro atoms. The van der Waals surface area contributed by atoms with Gasteiger partial charge < -0.3 is 15.2 Å². The molecule has 0 aliphatic carbocycles. The van der Waals surface area contributed by atoms with Crippen LogP contribution in [0.5, 0.6) is 0 Å². The van der Waals surface area contributed by atoms with Crippen LogP contribution < -0.4 is 10.9 Å². The third-order valence-corrected chi connectivity index (χ3v) is 11.3. The Bertz CT molecular complexity index is 1470. The van der Waals surface area contributed by atoms with Gasteiger partial charge in [-0.05, 0) is 86.5 Å². The number of pyridine rings is 1. The highest BCUT2D eigenvalue weighted by atomic mass is 32.2. The van der Waals surface area contributed by atoms with E-state index >= 15 is 0 Å². The predicted octanol–water partition coefficient (Wildman–Crippen LogP) is 3.81. The third-order valence-electron chi connectivity index (χ3n) is 9.46. The number of benzene rings is 1. The van der Waals surface area contributed by atoms with Gasteiger partial charge in [0.15, 0.2) is 0 Å². The van der Waals surface area contributed by atoms with Gasteiger partial charge in [-0.1, -0.05) is 20.8 Å². The molecule has 4 heterocycles. The zero-order valence-electron chi connectivity index (χ0n) is 24.7. The number of piperidine rings is 2. The predicted molar refractivity (Wildman–Crippen MR) is 159 cm³/mol. The number of H-pyrrole nitrogens is 1. The Morgan fingerprint density at radius 2 is 1.78 bits per heavy atom. The van der Waals surface area contributed by atoms with Gasteiger partial charge in [0.2, 0.25) is 27.4 Å². The lowest BCUT2D eigenvalue weighted by Gasteiger charge is -2.50. The van der Waals surface area contributed by atoms with E-state index in [2.05, 4.69) is 31.1 Å². The molecule has 2 amide bonds. The van der Waals surface area contributed by atoms with Gasteiger partial charge >= 0.3 is 0 Å². The number of carbonyl (C=O) groups is 2. The summed E-state index contributed by atoms with van der Waals surface area (Å²) < 4.78 is 29.4. The van der Waals surface area contributed by atoms with Crippen molar-refractivity contribution in [3.05, 3.63) is 40.2 Å². The quantitative estimate of drug-likeness (QED) is 0.569. The van der Waals surface area contributed by atoms with E-state index in [1.54, 1.807) is 29.4 Å². The summed E-state index contributed by atoms with van der Waals surface area (Å²) in [5.74, 6) is 0.856. The van der Waals surface area contributed by atoms with Gasteiger partial charge in [-0.2, -0.15) is 4.31 Å². The van der Waals surface area contributed by atoms with Crippen LogP contribution in [-0.2, 0) is 19.6 Å². The minimum atomic E-state index is -3.78. The van der Waals surface area contributed by atoms with Crippen molar-refractivity contribution < 1.29 is 18.0 Å². The van der Waals surface area contributed by atoms with Gasteiger partial charge in [0.05, 0.1) is 4.90 Å². The molecule has 2 aromatic rings. The van der Waals surface area contributed by atoms with Crippen LogP contribution >= 0.6 is 0 Å². The lowest BCUT2D eigenvalue weighted by molar-refractivity contribution is -0.141. The highest BCUT2D eigenvalue weighted by molar-refractivity contribution is 7.89. The zero-order valence-corrected chi connectivity index (χ0v) is 25.5. The lowest BCUT2D eigenvalue weighted by Crippen LogP contribution is -2.60. The maximum atomic E-state index is 13.9. The molecule has 3 aliphatic rings. The fraction of sp³-hybridized carbons (Fsp3) is 0.645. The number of amides is 2. The number of aromatic nitrogens is 1. The minimum Gasteiger partial charge on any atom is -0.353 e. The second kappa shape index (κ2) is 11.9. The molecule has 0 saturated carbocycles. The van der Waals surface area contributed by atoms with Crippen LogP contribution in [0.4, 0.5) is 0 Å². The molecule has 2 bridgehead atoms. The van der Waals surface area contributed by atoms with Crippen molar-refractivity contribution in [1.29, 1.82) is 0 Å². The van der Waals surface area contributed by atoms with Crippen LogP contribution in [0.1, 0.15) is 71.3 Å². The van der Waals surface area contributed by atoms with Crippen molar-refractivity contribution in [2.45, 2.75) is 89.6 Å². The molecular weight excluding hydrogens is 540 g/mol. The van der Waals surface area contributed by atoms with Crippen LogP contribution in [0.25, 0.3) is 10.9 Å². The number of aromatic amines is 1. The standard InChI is InChI=1S/C31H44N4O5S/c1-19(2)26-10-8-20(3)12-31(38)35-17-22-14-23(28(35)6-5-7-29(36)32-26)18-34(16-22)41(39,40)24-9-11-27-25(15-24)21(4)13-30(37)33-27/h9,11,13,15,19-20,22-23,26,28H,5-8,10,12,14,16-18H2,1-4H3,(H,32,36)(H,33,37)/t20-,22+,23-,26+,28+/m1/s1. The fourth-order valence-corrected chi connectivity index (χ4v) is 8.77. The lowest BCUT2D eigenvalue weighted by atomic mass is 9.78. The second-order valence-corrected chi connectivity index (χ2v) is 15.0. The first kappa shape index (κ1) is 29.8. The van der Waals surface area contributed by atoms with Crippen molar-refractivity contribution >= 4 is 32.7 Å². The summed E-state index contributed by atoms with van der Waals surface area (Å²) in [6.45, 7) is 9.46. The second-order valence-electron chi connectivity index (χ2n) is 13.0. The summed E-state index contributed by atoms with van der Waals surface area (Å²) in [6.07, 6.45) is 4.87. The molecule has 2 N–H and O–H groups in total. The van der Waals surface area contributed by atoms with E-state index in [-0.39, 0.29) is 52.1 Å². The molecule has 0 radical (unpaired) electrons. The SMILES string of the molecule is Cc1cc(=O)[nH]c2ccc(S(=O)(=O)N3C[C@@H]4C[C@H](C3)[C@@H]3CCCC(=O)N[C@H](C(C)C)CC[C@@H](C)CC(=O)N3C4)cc12. The van der Waals surface area contributed by atoms with Crippen molar-refractivity contribution in [3.63, 3.8) is 0 Å². The van der Waals surface area contributed by atoms with Crippen LogP contribution in [0.2, 0.25) is 0 Å². The van der Waals surface area contributed by atoms with E-state index in [4.69, 9.17) is 0 Å². The first-order chi connectivity index (χ1) is 19.4. The topological polar surface area (TPSA) is 120 Å². The van der Waals surface area contributed by atoms with Crippen LogP contribution in [-0.4, -0.2) is 66.1 Å². The molecule has 1 aromatic carbocycles. The van der Waals surface area contributed by atoms with Crippen LogP contribution in [0, 0.1) is 30.6 Å². The molecule has 41 heavy (non-hydrogen) atoms. The summed E-state index contributed by atoms with van der Waals surface area (Å²) >= 11 is 0. The summed E-state index contributed by atoms with van der Waals surface area (Å²) in [4.78, 5) is 43.3. The number of fused-ring (bicyclic) bond motifs is 5. The maximum absolute atomic E-state index is 13.9. The zero-order chi connectivity index (χ0) is 29.5. The van der Waals surface area contributed by atoms with Gasteiger partial charge in [0.1, 0.15) is 0 Å². The number of hydrogen-bond acceptors (Lipinski definition) is 5. The van der Waals surface area contributed by atoms with E-state index in [1.165, 1.54) is 6.07 Å². The number of nitrogens with zero attached hydrogens (tertiary/aromatic N) is 2. The van der Waals surface area contributed by atoms with E-state index in [0.717, 1.165) is 24.8 Å². The van der Waals surface area contributed by atoms with Crippen molar-refractivity contribution in [1.82, 2.24) is 19.5 Å². The molecule has 0 unspecified atom stereocenters. The summed E-state index contributed by atoms with van der Waals surface area (Å²) in [6, 6.07) is 6.39. The molecule has 224 valence electrons. The van der Waals surface area contributed by atoms with Gasteiger partial charge in [0, 0.05) is 61.5 Å². The third kappa shape index (κ3) is 6.38. The Labute approximate surface area is 243 Å². The molecule has 5 atom stereocenters. The fourth-order valence-electron chi connectivity index (χ4n) is 7.17. The van der Waals surface area contributed by atoms with Crippen LogP contribution in [0.15, 0.2) is 34.0 Å². The molecule has 10 heteroatoms. The molecule has 3 saturated heterocycles. The van der Waals surface area contributed by atoms with Gasteiger partial charge in [-0.3, -0.25) is 14.4 Å². The van der Waals surface area contributed by atoms with Crippen LogP contribution in [0.3, 0.4) is 0 Å². The van der Waals surface area contributed by atoms with Crippen molar-refractivity contribution in [2.75, 3.05) is 19.6 Å². The first-order valence-corrected chi connectivity index (χ1v) is 16.6. The Hall–Kier alpha value is -2.72. The number of sulfonamides is 1. The Morgan fingerprint density at radius 3 is 2.54 bits per heavy atom. The average molecular weight is 585 g/mol. The van der Waals surface area contributed by atoms with Gasteiger partial charge in [0.25, 0.3) is 0 Å². The van der Waals surface area contributed by atoms with E-state index in [0.29, 0.717) is 62.1 Å². The summed E-state index contributed by atoms with van der Waals surface area (Å²) in [5, 5.41) is 3.93.